The van der Waals surface area contributed by atoms with Crippen molar-refractivity contribution >= 4 is 46.7 Å². The van der Waals surface area contributed by atoms with Crippen LogP contribution in [-0.2, 0) is 16.1 Å². The van der Waals surface area contributed by atoms with E-state index in [0.29, 0.717) is 17.1 Å². The molecule has 0 unspecified atom stereocenters. The van der Waals surface area contributed by atoms with Gasteiger partial charge in [0.2, 0.25) is 5.91 Å². The highest BCUT2D eigenvalue weighted by Crippen LogP contribution is 2.10. The third-order valence-electron chi connectivity index (χ3n) is 4.00. The highest BCUT2D eigenvalue weighted by atomic mass is 35.5. The smallest absolute Gasteiger partial charge is 0.260 e. The molecular weight excluding hydrogens is 426 g/mol. The Morgan fingerprint density at radius 2 is 1.67 bits per heavy atom. The molecule has 0 heterocycles. The minimum atomic E-state index is -0.995. The van der Waals surface area contributed by atoms with Gasteiger partial charge in [-0.15, -0.1) is 0 Å². The molecule has 0 aliphatic carbocycles. The average molecular weight is 448 g/mol. The van der Waals surface area contributed by atoms with Crippen LogP contribution in [0.15, 0.2) is 54.6 Å². The summed E-state index contributed by atoms with van der Waals surface area (Å²) in [5.74, 6) is -1.63. The second-order valence-electron chi connectivity index (χ2n) is 6.32. The zero-order valence-corrected chi connectivity index (χ0v) is 17.6. The van der Waals surface area contributed by atoms with Crippen LogP contribution >= 0.6 is 23.8 Å². The van der Waals surface area contributed by atoms with Gasteiger partial charge in [-0.05, 0) is 48.5 Å². The van der Waals surface area contributed by atoms with Crippen LogP contribution in [0.4, 0.5) is 0 Å². The van der Waals surface area contributed by atoms with Gasteiger partial charge in [-0.3, -0.25) is 25.2 Å². The number of thiocarbonyl (C=S) groups is 1. The summed E-state index contributed by atoms with van der Waals surface area (Å²) in [6.07, 6.45) is -0.0396. The number of hydrogen-bond donors (Lipinski definition) is 5. The second kappa shape index (κ2) is 11.7. The Kier molecular flexibility index (Phi) is 9.04. The summed E-state index contributed by atoms with van der Waals surface area (Å²) < 4.78 is 0. The second-order valence-corrected chi connectivity index (χ2v) is 7.17. The summed E-state index contributed by atoms with van der Waals surface area (Å²) >= 11 is 10.9. The summed E-state index contributed by atoms with van der Waals surface area (Å²) in [5, 5.41) is 6.21. The van der Waals surface area contributed by atoms with Gasteiger partial charge in [-0.1, -0.05) is 41.9 Å². The molecule has 0 spiro atoms. The molecule has 0 aliphatic rings. The van der Waals surface area contributed by atoms with E-state index in [0.717, 1.165) is 5.56 Å². The van der Waals surface area contributed by atoms with Crippen molar-refractivity contribution in [1.82, 2.24) is 21.5 Å². The first-order chi connectivity index (χ1) is 14.3. The van der Waals surface area contributed by atoms with Crippen molar-refractivity contribution in [2.75, 3.05) is 0 Å². The maximum Gasteiger partial charge on any atom is 0.260 e. The molecule has 0 saturated heterocycles. The lowest BCUT2D eigenvalue weighted by atomic mass is 10.1. The van der Waals surface area contributed by atoms with Gasteiger partial charge in [0.05, 0.1) is 0 Å². The predicted octanol–water partition coefficient (Wildman–Crippen LogP) is 1.40. The van der Waals surface area contributed by atoms with Crippen LogP contribution in [0.2, 0.25) is 5.02 Å². The van der Waals surface area contributed by atoms with E-state index in [1.54, 1.807) is 12.1 Å². The number of nitrogens with two attached hydrogens (primary N) is 1. The Balaban J connectivity index is 1.90. The fourth-order valence-electron chi connectivity index (χ4n) is 2.43. The molecule has 0 aromatic heterocycles. The molecule has 2 rings (SSSR count). The lowest BCUT2D eigenvalue weighted by Gasteiger charge is -2.19. The lowest BCUT2D eigenvalue weighted by Crippen LogP contribution is -2.54. The number of halogens is 1. The van der Waals surface area contributed by atoms with Crippen molar-refractivity contribution in [3.63, 3.8) is 0 Å². The zero-order valence-electron chi connectivity index (χ0n) is 16.0. The van der Waals surface area contributed by atoms with E-state index >= 15 is 0 Å². The Morgan fingerprint density at radius 3 is 2.30 bits per heavy atom. The van der Waals surface area contributed by atoms with Gasteiger partial charge in [0.15, 0.2) is 5.11 Å². The van der Waals surface area contributed by atoms with Crippen molar-refractivity contribution < 1.29 is 14.4 Å². The van der Waals surface area contributed by atoms with Gasteiger partial charge in [-0.25, -0.2) is 0 Å². The first kappa shape index (κ1) is 23.1. The van der Waals surface area contributed by atoms with Crippen molar-refractivity contribution in [2.24, 2.45) is 5.73 Å². The van der Waals surface area contributed by atoms with E-state index in [1.165, 1.54) is 12.1 Å². The average Bonchev–Trinajstić information content (AvgIpc) is 2.74. The molecule has 0 aliphatic heterocycles. The molecule has 30 heavy (non-hydrogen) atoms. The van der Waals surface area contributed by atoms with Crippen LogP contribution in [0.3, 0.4) is 0 Å². The SMILES string of the molecule is NC(=O)CC[C@@H](NC(=O)c1ccc(Cl)cc1)C(=O)NNC(=S)NCc1ccccc1. The zero-order chi connectivity index (χ0) is 21.9. The third-order valence-corrected chi connectivity index (χ3v) is 4.50. The van der Waals surface area contributed by atoms with E-state index in [-0.39, 0.29) is 18.0 Å². The van der Waals surface area contributed by atoms with Gasteiger partial charge in [0.1, 0.15) is 6.04 Å². The molecule has 2 aromatic carbocycles. The molecule has 0 fully saturated rings. The fraction of sp³-hybridized carbons (Fsp3) is 0.200. The first-order valence-corrected chi connectivity index (χ1v) is 9.86. The largest absolute Gasteiger partial charge is 0.370 e. The standard InChI is InChI=1S/C20H22ClN5O3S/c21-15-8-6-14(7-9-15)18(28)24-16(10-11-17(22)27)19(29)25-26-20(30)23-12-13-4-2-1-3-5-13/h1-9,16H,10-12H2,(H2,22,27)(H,24,28)(H,25,29)(H2,23,26,30)/t16-/m1/s1. The van der Waals surface area contributed by atoms with E-state index < -0.39 is 23.8 Å². The molecule has 6 N–H and O–H groups in total. The molecule has 0 bridgehead atoms. The number of amides is 3. The molecule has 1 atom stereocenters. The summed E-state index contributed by atoms with van der Waals surface area (Å²) in [7, 11) is 0. The van der Waals surface area contributed by atoms with Gasteiger partial charge >= 0.3 is 0 Å². The van der Waals surface area contributed by atoms with Crippen LogP contribution in [0.1, 0.15) is 28.8 Å². The first-order valence-electron chi connectivity index (χ1n) is 9.07. The minimum Gasteiger partial charge on any atom is -0.370 e. The summed E-state index contributed by atoms with van der Waals surface area (Å²) in [5.41, 5.74) is 11.5. The number of benzene rings is 2. The molecule has 158 valence electrons. The van der Waals surface area contributed by atoms with Crippen LogP contribution in [-0.4, -0.2) is 28.9 Å². The molecular formula is C20H22ClN5O3S. The van der Waals surface area contributed by atoms with Crippen molar-refractivity contribution in [3.8, 4) is 0 Å². The van der Waals surface area contributed by atoms with Gasteiger partial charge in [0, 0.05) is 23.6 Å². The highest BCUT2D eigenvalue weighted by molar-refractivity contribution is 7.80. The van der Waals surface area contributed by atoms with E-state index in [2.05, 4.69) is 21.5 Å². The van der Waals surface area contributed by atoms with E-state index in [4.69, 9.17) is 29.6 Å². The van der Waals surface area contributed by atoms with Crippen LogP contribution in [0.5, 0.6) is 0 Å². The lowest BCUT2D eigenvalue weighted by molar-refractivity contribution is -0.124. The molecule has 10 heteroatoms. The number of carbonyl (C=O) groups excluding carboxylic acids is 3. The summed E-state index contributed by atoms with van der Waals surface area (Å²) in [6.45, 7) is 0.473. The third kappa shape index (κ3) is 8.06. The molecule has 8 nitrogen and oxygen atoms in total. The summed E-state index contributed by atoms with van der Waals surface area (Å²) in [6, 6.07) is 14.8. The van der Waals surface area contributed by atoms with Crippen LogP contribution < -0.4 is 27.2 Å². The Bertz CT molecular complexity index is 893. The molecule has 0 saturated carbocycles. The number of primary amides is 1. The number of nitrogens with one attached hydrogen (secondary N) is 4. The number of rotatable bonds is 8. The van der Waals surface area contributed by atoms with E-state index in [1.807, 2.05) is 30.3 Å². The number of hydrazine groups is 1. The summed E-state index contributed by atoms with van der Waals surface area (Å²) in [4.78, 5) is 36.0. The maximum atomic E-state index is 12.5. The number of hydrogen-bond acceptors (Lipinski definition) is 4. The molecule has 3 amide bonds. The highest BCUT2D eigenvalue weighted by Gasteiger charge is 2.22. The molecule has 2 aromatic rings. The monoisotopic (exact) mass is 447 g/mol. The number of carbonyl (C=O) groups is 3. The van der Waals surface area contributed by atoms with Crippen LogP contribution in [0, 0.1) is 0 Å². The van der Waals surface area contributed by atoms with E-state index in [9.17, 15) is 14.4 Å². The van der Waals surface area contributed by atoms with Gasteiger partial charge < -0.3 is 16.4 Å². The Morgan fingerprint density at radius 1 is 1.00 bits per heavy atom. The van der Waals surface area contributed by atoms with Crippen molar-refractivity contribution in [1.29, 1.82) is 0 Å². The fourth-order valence-corrected chi connectivity index (χ4v) is 2.68. The van der Waals surface area contributed by atoms with Crippen molar-refractivity contribution in [3.05, 3.63) is 70.7 Å². The van der Waals surface area contributed by atoms with Crippen molar-refractivity contribution in [2.45, 2.75) is 25.4 Å². The normalized spacial score (nSPS) is 11.1. The van der Waals surface area contributed by atoms with Gasteiger partial charge in [0.25, 0.3) is 11.8 Å². The predicted molar refractivity (Wildman–Crippen MR) is 118 cm³/mol. The Labute approximate surface area is 184 Å². The quantitative estimate of drug-likeness (QED) is 0.307. The van der Waals surface area contributed by atoms with Gasteiger partial charge in [-0.2, -0.15) is 0 Å². The topological polar surface area (TPSA) is 125 Å². The Hall–Kier alpha value is -3.17. The molecule has 0 radical (unpaired) electrons. The minimum absolute atomic E-state index is 0.0341. The maximum absolute atomic E-state index is 12.5. The van der Waals surface area contributed by atoms with Crippen LogP contribution in [0.25, 0.3) is 0 Å².